The molecule has 1 atom stereocenters. The van der Waals surface area contributed by atoms with Crippen LogP contribution in [-0.4, -0.2) is 57.7 Å². The van der Waals surface area contributed by atoms with Crippen molar-refractivity contribution in [3.8, 4) is 0 Å². The molecule has 1 N–H and O–H groups in total. The molecule has 1 amide bonds. The fourth-order valence-corrected chi connectivity index (χ4v) is 4.54. The van der Waals surface area contributed by atoms with Gasteiger partial charge in [0.25, 0.3) is 0 Å². The van der Waals surface area contributed by atoms with Crippen LogP contribution in [0.1, 0.15) is 62.3 Å². The van der Waals surface area contributed by atoms with Gasteiger partial charge in [0.2, 0.25) is 5.91 Å². The lowest BCUT2D eigenvalue weighted by molar-refractivity contribution is -0.144. The second kappa shape index (κ2) is 6.84. The quantitative estimate of drug-likeness (QED) is 0.911. The van der Waals surface area contributed by atoms with E-state index in [1.165, 1.54) is 38.5 Å². The number of aromatic nitrogens is 1. The van der Waals surface area contributed by atoms with E-state index in [0.29, 0.717) is 17.7 Å². The highest BCUT2D eigenvalue weighted by atomic mass is 16.5. The van der Waals surface area contributed by atoms with Gasteiger partial charge in [0, 0.05) is 31.1 Å². The van der Waals surface area contributed by atoms with E-state index in [0.717, 1.165) is 31.7 Å². The number of likely N-dealkylation sites (tertiary alicyclic amines) is 2. The molecule has 0 aromatic carbocycles. The van der Waals surface area contributed by atoms with Crippen LogP contribution in [0.3, 0.4) is 0 Å². The number of aliphatic hydroxyl groups excluding tert-OH is 1. The molecular formula is C18H27N3O3. The number of hydrogen-bond acceptors (Lipinski definition) is 5. The largest absolute Gasteiger partial charge is 0.388 e. The Kier molecular flexibility index (Phi) is 4.59. The van der Waals surface area contributed by atoms with Crippen molar-refractivity contribution in [1.29, 1.82) is 0 Å². The van der Waals surface area contributed by atoms with E-state index in [9.17, 15) is 4.79 Å². The summed E-state index contributed by atoms with van der Waals surface area (Å²) in [7, 11) is 0. The molecule has 1 saturated carbocycles. The molecule has 2 saturated heterocycles. The van der Waals surface area contributed by atoms with Gasteiger partial charge in [-0.1, -0.05) is 24.4 Å². The molecule has 1 aromatic rings. The molecule has 6 nitrogen and oxygen atoms in total. The first-order valence-corrected chi connectivity index (χ1v) is 9.37. The molecule has 1 unspecified atom stereocenters. The molecule has 24 heavy (non-hydrogen) atoms. The van der Waals surface area contributed by atoms with Crippen LogP contribution in [0, 0.1) is 0 Å². The number of piperidine rings is 1. The number of carbonyl (C=O) groups is 1. The van der Waals surface area contributed by atoms with Crippen LogP contribution in [0.25, 0.3) is 0 Å². The number of hydrogen-bond donors (Lipinski definition) is 1. The number of aliphatic hydroxyl groups is 1. The Morgan fingerprint density at radius 3 is 2.67 bits per heavy atom. The van der Waals surface area contributed by atoms with Crippen molar-refractivity contribution in [1.82, 2.24) is 15.0 Å². The fourth-order valence-electron chi connectivity index (χ4n) is 4.54. The molecule has 3 heterocycles. The maximum Gasteiger partial charge on any atom is 0.239 e. The van der Waals surface area contributed by atoms with Crippen molar-refractivity contribution in [2.24, 2.45) is 0 Å². The van der Waals surface area contributed by atoms with Gasteiger partial charge in [-0.3, -0.25) is 9.69 Å². The van der Waals surface area contributed by atoms with E-state index in [4.69, 9.17) is 9.63 Å². The number of nitrogens with zero attached hydrogens (tertiary/aromatic N) is 3. The molecule has 0 radical (unpaired) electrons. The van der Waals surface area contributed by atoms with Crippen LogP contribution in [0.15, 0.2) is 10.6 Å². The van der Waals surface area contributed by atoms with E-state index in [1.807, 2.05) is 4.90 Å². The summed E-state index contributed by atoms with van der Waals surface area (Å²) in [4.78, 5) is 17.5. The first kappa shape index (κ1) is 16.1. The van der Waals surface area contributed by atoms with Crippen molar-refractivity contribution < 1.29 is 14.4 Å². The van der Waals surface area contributed by atoms with Gasteiger partial charge in [-0.15, -0.1) is 0 Å². The Morgan fingerprint density at radius 2 is 1.96 bits per heavy atom. The molecule has 1 aliphatic carbocycles. The predicted molar refractivity (Wildman–Crippen MR) is 88.3 cm³/mol. The van der Waals surface area contributed by atoms with Crippen molar-refractivity contribution in [3.63, 3.8) is 0 Å². The van der Waals surface area contributed by atoms with E-state index in [1.54, 1.807) is 6.07 Å². The molecule has 3 aliphatic rings. The highest BCUT2D eigenvalue weighted by Crippen LogP contribution is 2.33. The van der Waals surface area contributed by atoms with Crippen molar-refractivity contribution >= 4 is 5.91 Å². The van der Waals surface area contributed by atoms with Crippen LogP contribution in [-0.2, 0) is 11.4 Å². The smallest absolute Gasteiger partial charge is 0.239 e. The summed E-state index contributed by atoms with van der Waals surface area (Å²) < 4.78 is 5.06. The Balaban J connectivity index is 1.36. The van der Waals surface area contributed by atoms with Crippen LogP contribution in [0.4, 0.5) is 0 Å². The average molecular weight is 333 g/mol. The summed E-state index contributed by atoms with van der Waals surface area (Å²) in [5.41, 5.74) is 0.861. The lowest BCUT2D eigenvalue weighted by atomic mass is 9.92. The molecule has 4 rings (SSSR count). The molecule has 1 aromatic heterocycles. The molecule has 0 spiro atoms. The first-order valence-electron chi connectivity index (χ1n) is 9.37. The third-order valence-electron chi connectivity index (χ3n) is 5.97. The first-order chi connectivity index (χ1) is 11.8. The Bertz CT molecular complexity index is 576. The number of carbonyl (C=O) groups excluding carboxylic acids is 1. The summed E-state index contributed by atoms with van der Waals surface area (Å²) >= 11 is 0. The van der Waals surface area contributed by atoms with Gasteiger partial charge in [-0.25, -0.2) is 0 Å². The second-order valence-corrected chi connectivity index (χ2v) is 7.50. The maximum absolute atomic E-state index is 13.0. The van der Waals surface area contributed by atoms with Crippen LogP contribution >= 0.6 is 0 Å². The van der Waals surface area contributed by atoms with Gasteiger partial charge in [-0.05, 0) is 32.2 Å². The molecular weight excluding hydrogens is 306 g/mol. The molecule has 6 heteroatoms. The minimum absolute atomic E-state index is 0.0908. The highest BCUT2D eigenvalue weighted by molar-refractivity contribution is 5.83. The van der Waals surface area contributed by atoms with Gasteiger partial charge < -0.3 is 14.5 Å². The summed E-state index contributed by atoms with van der Waals surface area (Å²) in [6.07, 6.45) is 8.55. The van der Waals surface area contributed by atoms with Crippen LogP contribution in [0.5, 0.6) is 0 Å². The standard InChI is InChI=1S/C18H27N3O3/c22-12-15-9-16(19-24-15)13-10-20(11-13)18(23)17-7-3-4-8-21(17)14-5-1-2-6-14/h9,13-14,17,22H,1-8,10-12H2. The zero-order valence-electron chi connectivity index (χ0n) is 14.2. The lowest BCUT2D eigenvalue weighted by Gasteiger charge is -2.45. The SMILES string of the molecule is O=C(C1CCCCN1C1CCCC1)N1CC(c2cc(CO)on2)C1. The summed E-state index contributed by atoms with van der Waals surface area (Å²) in [5.74, 6) is 1.06. The topological polar surface area (TPSA) is 69.8 Å². The lowest BCUT2D eigenvalue weighted by Crippen LogP contribution is -2.58. The predicted octanol–water partition coefficient (Wildman–Crippen LogP) is 1.89. The third kappa shape index (κ3) is 2.97. The summed E-state index contributed by atoms with van der Waals surface area (Å²) in [5, 5.41) is 13.1. The Labute approximate surface area is 142 Å². The van der Waals surface area contributed by atoms with E-state index < -0.39 is 0 Å². The van der Waals surface area contributed by atoms with Gasteiger partial charge in [0.1, 0.15) is 6.61 Å². The maximum atomic E-state index is 13.0. The van der Waals surface area contributed by atoms with Crippen molar-refractivity contribution in [2.45, 2.75) is 69.6 Å². The van der Waals surface area contributed by atoms with Gasteiger partial charge >= 0.3 is 0 Å². The average Bonchev–Trinajstić information content (AvgIpc) is 3.25. The van der Waals surface area contributed by atoms with E-state index in [-0.39, 0.29) is 18.6 Å². The molecule has 0 bridgehead atoms. The summed E-state index contributed by atoms with van der Waals surface area (Å²) in [6, 6.07) is 2.52. The molecule has 3 fully saturated rings. The summed E-state index contributed by atoms with van der Waals surface area (Å²) in [6.45, 7) is 2.42. The zero-order valence-corrected chi connectivity index (χ0v) is 14.2. The monoisotopic (exact) mass is 333 g/mol. The van der Waals surface area contributed by atoms with Crippen LogP contribution in [0.2, 0.25) is 0 Å². The van der Waals surface area contributed by atoms with Gasteiger partial charge in [0.05, 0.1) is 11.7 Å². The minimum atomic E-state index is -0.124. The van der Waals surface area contributed by atoms with Gasteiger partial charge in [-0.2, -0.15) is 0 Å². The zero-order chi connectivity index (χ0) is 16.5. The number of amides is 1. The van der Waals surface area contributed by atoms with E-state index >= 15 is 0 Å². The van der Waals surface area contributed by atoms with Crippen molar-refractivity contribution in [3.05, 3.63) is 17.5 Å². The number of rotatable bonds is 4. The van der Waals surface area contributed by atoms with Gasteiger partial charge in [0.15, 0.2) is 5.76 Å². The minimum Gasteiger partial charge on any atom is -0.388 e. The van der Waals surface area contributed by atoms with E-state index in [2.05, 4.69) is 10.1 Å². The third-order valence-corrected chi connectivity index (χ3v) is 5.97. The molecule has 2 aliphatic heterocycles. The van der Waals surface area contributed by atoms with Crippen LogP contribution < -0.4 is 0 Å². The second-order valence-electron chi connectivity index (χ2n) is 7.50. The molecule has 132 valence electrons. The Hall–Kier alpha value is -1.40. The Morgan fingerprint density at radius 1 is 1.21 bits per heavy atom. The normalized spacial score (nSPS) is 26.7. The van der Waals surface area contributed by atoms with Crippen molar-refractivity contribution in [2.75, 3.05) is 19.6 Å². The fraction of sp³-hybridized carbons (Fsp3) is 0.778. The highest BCUT2D eigenvalue weighted by Gasteiger charge is 2.41.